The molecule has 0 aliphatic carbocycles. The van der Waals surface area contributed by atoms with E-state index in [0.29, 0.717) is 5.75 Å². The van der Waals surface area contributed by atoms with Gasteiger partial charge in [-0.25, -0.2) is 0 Å². The summed E-state index contributed by atoms with van der Waals surface area (Å²) in [5, 5.41) is 2.89. The highest BCUT2D eigenvalue weighted by Gasteiger charge is 2.15. The highest BCUT2D eigenvalue weighted by atomic mass is 16.5. The van der Waals surface area contributed by atoms with Gasteiger partial charge >= 0.3 is 0 Å². The molecule has 0 bridgehead atoms. The fourth-order valence-corrected chi connectivity index (χ4v) is 2.11. The number of carbonyl (C=O) groups is 1. The van der Waals surface area contributed by atoms with Crippen molar-refractivity contribution in [3.8, 4) is 5.75 Å². The molecule has 116 valence electrons. The largest absolute Gasteiger partial charge is 0.481 e. The van der Waals surface area contributed by atoms with Crippen molar-refractivity contribution in [3.63, 3.8) is 0 Å². The maximum atomic E-state index is 12.2. The molecule has 0 unspecified atom stereocenters. The summed E-state index contributed by atoms with van der Waals surface area (Å²) in [7, 11) is 0. The fraction of sp³-hybridized carbons (Fsp3) is 0.316. The molecule has 3 nitrogen and oxygen atoms in total. The van der Waals surface area contributed by atoms with Gasteiger partial charge in [0.2, 0.25) is 0 Å². The summed E-state index contributed by atoms with van der Waals surface area (Å²) < 4.78 is 5.73. The molecule has 0 saturated carbocycles. The van der Waals surface area contributed by atoms with Crippen molar-refractivity contribution < 1.29 is 9.53 Å². The van der Waals surface area contributed by atoms with E-state index in [4.69, 9.17) is 4.74 Å². The van der Waals surface area contributed by atoms with E-state index in [2.05, 4.69) is 12.2 Å². The van der Waals surface area contributed by atoms with E-state index in [-0.39, 0.29) is 5.91 Å². The molecule has 0 radical (unpaired) electrons. The maximum Gasteiger partial charge on any atom is 0.265 e. The number of hydrogen-bond donors (Lipinski definition) is 1. The quantitative estimate of drug-likeness (QED) is 0.912. The Kier molecular flexibility index (Phi) is 4.86. The van der Waals surface area contributed by atoms with Crippen LogP contribution in [0.5, 0.6) is 5.75 Å². The Morgan fingerprint density at radius 3 is 2.09 bits per heavy atom. The molecule has 22 heavy (non-hydrogen) atoms. The summed E-state index contributed by atoms with van der Waals surface area (Å²) in [5.41, 5.74) is 5.51. The predicted molar refractivity (Wildman–Crippen MR) is 90.6 cm³/mol. The summed E-state index contributed by atoms with van der Waals surface area (Å²) in [4.78, 5) is 12.2. The lowest BCUT2D eigenvalue weighted by molar-refractivity contribution is -0.122. The average molecular weight is 297 g/mol. The fourth-order valence-electron chi connectivity index (χ4n) is 2.11. The molecule has 0 fully saturated rings. The van der Waals surface area contributed by atoms with Gasteiger partial charge in [0.05, 0.1) is 0 Å². The molecule has 0 heterocycles. The predicted octanol–water partition coefficient (Wildman–Crippen LogP) is 4.33. The van der Waals surface area contributed by atoms with Crippen LogP contribution in [-0.2, 0) is 4.79 Å². The maximum absolute atomic E-state index is 12.2. The van der Waals surface area contributed by atoms with Crippen LogP contribution in [0, 0.1) is 27.7 Å². The first-order chi connectivity index (χ1) is 10.4. The Labute approximate surface area is 132 Å². The van der Waals surface area contributed by atoms with Gasteiger partial charge in [0.1, 0.15) is 5.75 Å². The highest BCUT2D eigenvalue weighted by Crippen LogP contribution is 2.19. The Bertz CT molecular complexity index is 692. The van der Waals surface area contributed by atoms with E-state index in [1.165, 1.54) is 11.1 Å². The minimum atomic E-state index is -0.552. The zero-order valence-corrected chi connectivity index (χ0v) is 13.9. The average Bonchev–Trinajstić information content (AvgIpc) is 2.46. The Hall–Kier alpha value is -2.29. The zero-order valence-electron chi connectivity index (χ0n) is 13.9. The number of benzene rings is 2. The van der Waals surface area contributed by atoms with Crippen molar-refractivity contribution in [1.29, 1.82) is 0 Å². The topological polar surface area (TPSA) is 38.3 Å². The number of carbonyl (C=O) groups excluding carboxylic acids is 1. The van der Waals surface area contributed by atoms with Gasteiger partial charge in [-0.2, -0.15) is 0 Å². The number of anilines is 1. The molecule has 1 N–H and O–H groups in total. The van der Waals surface area contributed by atoms with Gasteiger partial charge in [-0.3, -0.25) is 4.79 Å². The van der Waals surface area contributed by atoms with Gasteiger partial charge in [0.25, 0.3) is 5.91 Å². The number of rotatable bonds is 4. The molecule has 1 amide bonds. The van der Waals surface area contributed by atoms with Crippen LogP contribution in [0.15, 0.2) is 36.4 Å². The monoisotopic (exact) mass is 297 g/mol. The zero-order chi connectivity index (χ0) is 16.3. The number of aryl methyl sites for hydroxylation is 4. The normalized spacial score (nSPS) is 11.9. The molecule has 0 aliphatic rings. The van der Waals surface area contributed by atoms with Gasteiger partial charge < -0.3 is 10.1 Å². The number of nitrogens with one attached hydrogen (secondary N) is 1. The Morgan fingerprint density at radius 2 is 1.50 bits per heavy atom. The van der Waals surface area contributed by atoms with Crippen molar-refractivity contribution in [2.24, 2.45) is 0 Å². The molecule has 0 aromatic heterocycles. The first-order valence-electron chi connectivity index (χ1n) is 7.49. The van der Waals surface area contributed by atoms with Crippen LogP contribution >= 0.6 is 0 Å². The van der Waals surface area contributed by atoms with E-state index in [1.54, 1.807) is 6.92 Å². The summed E-state index contributed by atoms with van der Waals surface area (Å²) >= 11 is 0. The van der Waals surface area contributed by atoms with Crippen LogP contribution in [0.2, 0.25) is 0 Å². The number of amides is 1. The second-order valence-corrected chi connectivity index (χ2v) is 5.79. The summed E-state index contributed by atoms with van der Waals surface area (Å²) in [6.45, 7) is 9.91. The van der Waals surface area contributed by atoms with Crippen LogP contribution in [0.25, 0.3) is 0 Å². The van der Waals surface area contributed by atoms with Crippen LogP contribution in [-0.4, -0.2) is 12.0 Å². The van der Waals surface area contributed by atoms with Crippen molar-refractivity contribution in [1.82, 2.24) is 0 Å². The van der Waals surface area contributed by atoms with Gasteiger partial charge in [0.15, 0.2) is 6.10 Å². The van der Waals surface area contributed by atoms with Crippen LogP contribution in [0.3, 0.4) is 0 Å². The summed E-state index contributed by atoms with van der Waals surface area (Å²) in [5.74, 6) is 0.562. The minimum absolute atomic E-state index is 0.151. The lowest BCUT2D eigenvalue weighted by Crippen LogP contribution is -2.30. The molecule has 0 spiro atoms. The summed E-state index contributed by atoms with van der Waals surface area (Å²) in [6, 6.07) is 11.7. The highest BCUT2D eigenvalue weighted by molar-refractivity contribution is 5.94. The van der Waals surface area contributed by atoms with Crippen LogP contribution in [0.4, 0.5) is 5.69 Å². The smallest absolute Gasteiger partial charge is 0.265 e. The lowest BCUT2D eigenvalue weighted by atomic mass is 10.1. The van der Waals surface area contributed by atoms with Crippen LogP contribution < -0.4 is 10.1 Å². The van der Waals surface area contributed by atoms with E-state index in [9.17, 15) is 4.79 Å². The van der Waals surface area contributed by atoms with Gasteiger partial charge in [-0.1, -0.05) is 12.1 Å². The van der Waals surface area contributed by atoms with E-state index in [1.807, 2.05) is 57.2 Å². The number of ether oxygens (including phenoxy) is 1. The van der Waals surface area contributed by atoms with E-state index >= 15 is 0 Å². The molecule has 2 rings (SSSR count). The molecule has 2 aromatic carbocycles. The molecular formula is C19H23NO2. The second kappa shape index (κ2) is 6.65. The third kappa shape index (κ3) is 3.88. The van der Waals surface area contributed by atoms with Gasteiger partial charge in [-0.05, 0) is 81.1 Å². The SMILES string of the molecule is Cc1ccc(NC(=O)[C@H](C)Oc2ccc(C)c(C)c2)cc1C. The Morgan fingerprint density at radius 1 is 0.909 bits per heavy atom. The van der Waals surface area contributed by atoms with Crippen molar-refractivity contribution >= 4 is 11.6 Å². The first-order valence-corrected chi connectivity index (χ1v) is 7.49. The molecule has 0 aliphatic heterocycles. The first kappa shape index (κ1) is 16.1. The van der Waals surface area contributed by atoms with Crippen molar-refractivity contribution in [2.75, 3.05) is 5.32 Å². The summed E-state index contributed by atoms with van der Waals surface area (Å²) in [6.07, 6.45) is -0.552. The minimum Gasteiger partial charge on any atom is -0.481 e. The van der Waals surface area contributed by atoms with E-state index < -0.39 is 6.10 Å². The van der Waals surface area contributed by atoms with Crippen LogP contribution in [0.1, 0.15) is 29.2 Å². The molecule has 3 heteroatoms. The van der Waals surface area contributed by atoms with E-state index in [0.717, 1.165) is 16.8 Å². The molecular weight excluding hydrogens is 274 g/mol. The number of hydrogen-bond acceptors (Lipinski definition) is 2. The van der Waals surface area contributed by atoms with Crippen molar-refractivity contribution in [3.05, 3.63) is 58.7 Å². The molecule has 1 atom stereocenters. The second-order valence-electron chi connectivity index (χ2n) is 5.79. The van der Waals surface area contributed by atoms with Crippen molar-refractivity contribution in [2.45, 2.75) is 40.7 Å². The van der Waals surface area contributed by atoms with Gasteiger partial charge in [0, 0.05) is 5.69 Å². The molecule has 0 saturated heterocycles. The van der Waals surface area contributed by atoms with Gasteiger partial charge in [-0.15, -0.1) is 0 Å². The molecule has 2 aromatic rings. The Balaban J connectivity index is 2.02. The third-order valence-corrected chi connectivity index (χ3v) is 3.93. The lowest BCUT2D eigenvalue weighted by Gasteiger charge is -2.16. The standard InChI is InChI=1S/C19H23NO2/c1-12-6-8-17(10-14(12)3)20-19(21)16(5)22-18-9-7-13(2)15(4)11-18/h6-11,16H,1-5H3,(H,20,21)/t16-/m0/s1. The third-order valence-electron chi connectivity index (χ3n) is 3.93.